The van der Waals surface area contributed by atoms with Gasteiger partial charge in [0.1, 0.15) is 0 Å². The molecule has 0 amide bonds. The van der Waals surface area contributed by atoms with Gasteiger partial charge in [0.25, 0.3) is 5.69 Å². The molecular weight excluding hydrogens is 286 g/mol. The maximum Gasteiger partial charge on any atom is 0.269 e. The zero-order chi connectivity index (χ0) is 15.2. The second-order valence-electron chi connectivity index (χ2n) is 4.93. The van der Waals surface area contributed by atoms with Gasteiger partial charge in [0.05, 0.1) is 21.7 Å². The van der Waals surface area contributed by atoms with Gasteiger partial charge in [0.15, 0.2) is 0 Å². The van der Waals surface area contributed by atoms with E-state index in [1.54, 1.807) is 23.5 Å². The number of nitro benzene ring substituents is 1. The highest BCUT2D eigenvalue weighted by Gasteiger charge is 2.15. The molecule has 1 atom stereocenters. The van der Waals surface area contributed by atoms with Gasteiger partial charge in [-0.05, 0) is 31.9 Å². The van der Waals surface area contributed by atoms with Gasteiger partial charge in [0, 0.05) is 17.5 Å². The maximum absolute atomic E-state index is 10.7. The molecule has 0 saturated carbocycles. The van der Waals surface area contributed by atoms with E-state index < -0.39 is 0 Å². The number of nitro groups is 1. The smallest absolute Gasteiger partial charge is 0.269 e. The number of thiazole rings is 1. The van der Waals surface area contributed by atoms with Crippen molar-refractivity contribution in [1.82, 2.24) is 10.3 Å². The lowest BCUT2D eigenvalue weighted by molar-refractivity contribution is -0.384. The standard InChI is InChI=1S/C15H19N3O2S/c1-3-8-16-14(15-10-21-11(2)17-15)9-12-4-6-13(7-5-12)18(19)20/h4-7,10,14,16H,3,8-9H2,1-2H3. The van der Waals surface area contributed by atoms with Gasteiger partial charge in [0.2, 0.25) is 0 Å². The number of hydrogen-bond acceptors (Lipinski definition) is 5. The van der Waals surface area contributed by atoms with Crippen LogP contribution in [0.1, 0.15) is 35.7 Å². The van der Waals surface area contributed by atoms with E-state index in [0.29, 0.717) is 0 Å². The van der Waals surface area contributed by atoms with Crippen LogP contribution in [0.3, 0.4) is 0 Å². The van der Waals surface area contributed by atoms with Gasteiger partial charge in [-0.1, -0.05) is 19.1 Å². The quantitative estimate of drug-likeness (QED) is 0.626. The van der Waals surface area contributed by atoms with E-state index in [4.69, 9.17) is 0 Å². The molecule has 0 saturated heterocycles. The molecule has 0 aliphatic rings. The first kappa shape index (κ1) is 15.6. The minimum atomic E-state index is -0.375. The molecule has 0 bridgehead atoms. The summed E-state index contributed by atoms with van der Waals surface area (Å²) in [7, 11) is 0. The summed E-state index contributed by atoms with van der Waals surface area (Å²) in [4.78, 5) is 14.9. The normalized spacial score (nSPS) is 12.3. The second kappa shape index (κ2) is 7.28. The molecule has 5 nitrogen and oxygen atoms in total. The van der Waals surface area contributed by atoms with Crippen molar-refractivity contribution in [3.05, 3.63) is 56.0 Å². The zero-order valence-electron chi connectivity index (χ0n) is 12.2. The summed E-state index contributed by atoms with van der Waals surface area (Å²) in [5.74, 6) is 0. The fourth-order valence-electron chi connectivity index (χ4n) is 2.13. The van der Waals surface area contributed by atoms with E-state index in [1.165, 1.54) is 0 Å². The summed E-state index contributed by atoms with van der Waals surface area (Å²) in [6.07, 6.45) is 1.83. The van der Waals surface area contributed by atoms with Gasteiger partial charge < -0.3 is 5.32 Å². The lowest BCUT2D eigenvalue weighted by Gasteiger charge is -2.16. The van der Waals surface area contributed by atoms with Crippen molar-refractivity contribution in [1.29, 1.82) is 0 Å². The Balaban J connectivity index is 2.12. The summed E-state index contributed by atoms with van der Waals surface area (Å²) in [6.45, 7) is 5.05. The topological polar surface area (TPSA) is 68.1 Å². The Hall–Kier alpha value is -1.79. The Morgan fingerprint density at radius 3 is 2.62 bits per heavy atom. The van der Waals surface area contributed by atoms with Crippen LogP contribution in [0.25, 0.3) is 0 Å². The fourth-order valence-corrected chi connectivity index (χ4v) is 2.80. The highest BCUT2D eigenvalue weighted by Crippen LogP contribution is 2.22. The zero-order valence-corrected chi connectivity index (χ0v) is 13.0. The van der Waals surface area contributed by atoms with Gasteiger partial charge >= 0.3 is 0 Å². The molecule has 2 aromatic rings. The van der Waals surface area contributed by atoms with Crippen molar-refractivity contribution in [2.24, 2.45) is 0 Å². The second-order valence-corrected chi connectivity index (χ2v) is 5.99. The number of nitrogens with one attached hydrogen (secondary N) is 1. The first-order chi connectivity index (χ1) is 10.1. The van der Waals surface area contributed by atoms with Crippen LogP contribution in [0.2, 0.25) is 0 Å². The molecular formula is C15H19N3O2S. The number of rotatable bonds is 7. The number of benzene rings is 1. The van der Waals surface area contributed by atoms with E-state index in [-0.39, 0.29) is 16.7 Å². The third-order valence-electron chi connectivity index (χ3n) is 3.22. The van der Waals surface area contributed by atoms with E-state index in [1.807, 2.05) is 19.1 Å². The summed E-state index contributed by atoms with van der Waals surface area (Å²) in [6, 6.07) is 6.89. The predicted octanol–water partition coefficient (Wildman–Crippen LogP) is 3.64. The monoisotopic (exact) mass is 305 g/mol. The first-order valence-electron chi connectivity index (χ1n) is 6.99. The summed E-state index contributed by atoms with van der Waals surface area (Å²) in [5, 5.41) is 17.3. The Morgan fingerprint density at radius 1 is 1.38 bits per heavy atom. The SMILES string of the molecule is CCCNC(Cc1ccc([N+](=O)[O-])cc1)c1csc(C)n1. The Kier molecular flexibility index (Phi) is 5.41. The van der Waals surface area contributed by atoms with Gasteiger partial charge in [-0.3, -0.25) is 10.1 Å². The van der Waals surface area contributed by atoms with Crippen LogP contribution < -0.4 is 5.32 Å². The van der Waals surface area contributed by atoms with E-state index in [9.17, 15) is 10.1 Å². The van der Waals surface area contributed by atoms with Crippen molar-refractivity contribution < 1.29 is 4.92 Å². The Bertz CT molecular complexity index is 595. The van der Waals surface area contributed by atoms with Crippen molar-refractivity contribution in [3.63, 3.8) is 0 Å². The summed E-state index contributed by atoms with van der Waals surface area (Å²) in [5.41, 5.74) is 2.24. The van der Waals surface area contributed by atoms with Gasteiger partial charge in [-0.15, -0.1) is 11.3 Å². The van der Waals surface area contributed by atoms with Crippen LogP contribution in [-0.2, 0) is 6.42 Å². The molecule has 2 rings (SSSR count). The van der Waals surface area contributed by atoms with Crippen LogP contribution in [0.5, 0.6) is 0 Å². The average molecular weight is 305 g/mol. The highest BCUT2D eigenvalue weighted by atomic mass is 32.1. The average Bonchev–Trinajstić information content (AvgIpc) is 2.90. The van der Waals surface area contributed by atoms with Crippen LogP contribution in [0.15, 0.2) is 29.6 Å². The van der Waals surface area contributed by atoms with Crippen molar-refractivity contribution >= 4 is 17.0 Å². The number of aromatic nitrogens is 1. The molecule has 21 heavy (non-hydrogen) atoms. The minimum absolute atomic E-state index is 0.126. The molecule has 6 heteroatoms. The molecule has 0 aliphatic heterocycles. The van der Waals surface area contributed by atoms with Crippen LogP contribution >= 0.6 is 11.3 Å². The molecule has 0 spiro atoms. The molecule has 1 unspecified atom stereocenters. The molecule has 0 aliphatic carbocycles. The number of aryl methyl sites for hydroxylation is 1. The largest absolute Gasteiger partial charge is 0.308 e. The van der Waals surface area contributed by atoms with Crippen molar-refractivity contribution in [2.75, 3.05) is 6.54 Å². The molecule has 0 radical (unpaired) electrons. The lowest BCUT2D eigenvalue weighted by atomic mass is 10.0. The van der Waals surface area contributed by atoms with E-state index in [2.05, 4.69) is 22.6 Å². The van der Waals surface area contributed by atoms with Crippen LogP contribution in [-0.4, -0.2) is 16.5 Å². The molecule has 1 aromatic carbocycles. The number of non-ortho nitro benzene ring substituents is 1. The molecule has 1 N–H and O–H groups in total. The summed E-state index contributed by atoms with van der Waals surface area (Å²) >= 11 is 1.64. The lowest BCUT2D eigenvalue weighted by Crippen LogP contribution is -2.24. The van der Waals surface area contributed by atoms with Gasteiger partial charge in [-0.25, -0.2) is 4.98 Å². The van der Waals surface area contributed by atoms with E-state index in [0.717, 1.165) is 35.7 Å². The first-order valence-corrected chi connectivity index (χ1v) is 7.87. The highest BCUT2D eigenvalue weighted by molar-refractivity contribution is 7.09. The Labute approximate surface area is 128 Å². The third-order valence-corrected chi connectivity index (χ3v) is 4.01. The minimum Gasteiger partial charge on any atom is -0.308 e. The van der Waals surface area contributed by atoms with Crippen molar-refractivity contribution in [2.45, 2.75) is 32.7 Å². The van der Waals surface area contributed by atoms with Crippen LogP contribution in [0.4, 0.5) is 5.69 Å². The van der Waals surface area contributed by atoms with Gasteiger partial charge in [-0.2, -0.15) is 0 Å². The van der Waals surface area contributed by atoms with E-state index >= 15 is 0 Å². The fraction of sp³-hybridized carbons (Fsp3) is 0.400. The van der Waals surface area contributed by atoms with Crippen molar-refractivity contribution in [3.8, 4) is 0 Å². The number of nitrogens with zero attached hydrogens (tertiary/aromatic N) is 2. The summed E-state index contributed by atoms with van der Waals surface area (Å²) < 4.78 is 0. The number of hydrogen-bond donors (Lipinski definition) is 1. The maximum atomic E-state index is 10.7. The molecule has 0 fully saturated rings. The predicted molar refractivity (Wildman–Crippen MR) is 84.7 cm³/mol. The molecule has 1 aromatic heterocycles. The molecule has 112 valence electrons. The van der Waals surface area contributed by atoms with Crippen LogP contribution in [0, 0.1) is 17.0 Å². The third kappa shape index (κ3) is 4.34. The molecule has 1 heterocycles. The Morgan fingerprint density at radius 2 is 2.10 bits per heavy atom.